The fraction of sp³-hybridized carbons (Fsp3) is 0.179. The fourth-order valence-electron chi connectivity index (χ4n) is 4.33. The summed E-state index contributed by atoms with van der Waals surface area (Å²) in [6, 6.07) is 20.0. The summed E-state index contributed by atoms with van der Waals surface area (Å²) in [6.45, 7) is 0. The lowest BCUT2D eigenvalue weighted by Gasteiger charge is -2.24. The second-order valence-electron chi connectivity index (χ2n) is 8.32. The van der Waals surface area contributed by atoms with Crippen molar-refractivity contribution in [2.75, 3.05) is 21.3 Å². The quantitative estimate of drug-likeness (QED) is 0.438. The average molecular weight is 516 g/mol. The lowest BCUT2D eigenvalue weighted by molar-refractivity contribution is 0.267. The summed E-state index contributed by atoms with van der Waals surface area (Å²) in [4.78, 5) is 17.5. The molecule has 0 spiro atoms. The molecule has 1 N–H and O–H groups in total. The van der Waals surface area contributed by atoms with Crippen LogP contribution in [-0.4, -0.2) is 48.2 Å². The first-order valence-electron chi connectivity index (χ1n) is 11.5. The van der Waals surface area contributed by atoms with Crippen molar-refractivity contribution in [3.05, 3.63) is 88.3 Å². The predicted octanol–water partition coefficient (Wildman–Crippen LogP) is 5.88. The fourth-order valence-corrected chi connectivity index (χ4v) is 5.08. The third kappa shape index (κ3) is 4.90. The molecule has 1 amide bonds. The van der Waals surface area contributed by atoms with Crippen LogP contribution < -0.4 is 14.2 Å². The van der Waals surface area contributed by atoms with Crippen LogP contribution >= 0.6 is 11.8 Å². The number of aliphatic imine (C=N–C) groups is 1. The largest absolute Gasteiger partial charge is 0.508 e. The Balaban J connectivity index is 1.56. The van der Waals surface area contributed by atoms with E-state index in [4.69, 9.17) is 19.3 Å². The van der Waals surface area contributed by atoms with Gasteiger partial charge >= 0.3 is 5.24 Å². The summed E-state index contributed by atoms with van der Waals surface area (Å²) < 4.78 is 16.1. The van der Waals surface area contributed by atoms with E-state index >= 15 is 0 Å². The summed E-state index contributed by atoms with van der Waals surface area (Å²) in [5, 5.41) is 17.0. The van der Waals surface area contributed by atoms with Gasteiger partial charge in [0, 0.05) is 12.0 Å². The minimum atomic E-state index is -0.350. The second kappa shape index (κ2) is 10.4. The maximum atomic E-state index is 12.5. The Morgan fingerprint density at radius 2 is 1.73 bits per heavy atom. The normalized spacial score (nSPS) is 18.1. The van der Waals surface area contributed by atoms with Gasteiger partial charge in [-0.3, -0.25) is 4.79 Å². The third-order valence-corrected chi connectivity index (χ3v) is 6.95. The number of nitrogens with zero attached hydrogens (tertiary/aromatic N) is 3. The first-order chi connectivity index (χ1) is 18.0. The first kappa shape index (κ1) is 24.5. The number of benzene rings is 3. The van der Waals surface area contributed by atoms with E-state index in [1.807, 2.05) is 60.7 Å². The molecule has 2 heterocycles. The minimum Gasteiger partial charge on any atom is -0.508 e. The molecule has 9 heteroatoms. The van der Waals surface area contributed by atoms with Gasteiger partial charge in [-0.15, -0.1) is 0 Å². The number of thioether (sulfide) groups is 1. The van der Waals surface area contributed by atoms with Crippen LogP contribution in [-0.2, 0) is 0 Å². The van der Waals surface area contributed by atoms with E-state index in [1.165, 1.54) is 0 Å². The lowest BCUT2D eigenvalue weighted by Crippen LogP contribution is -2.26. The molecule has 5 rings (SSSR count). The van der Waals surface area contributed by atoms with Crippen LogP contribution in [0.25, 0.3) is 6.08 Å². The van der Waals surface area contributed by atoms with Crippen molar-refractivity contribution in [3.8, 4) is 23.0 Å². The minimum absolute atomic E-state index is 0.159. The number of carbonyl (C=O) groups is 1. The molecule has 0 saturated carbocycles. The van der Waals surface area contributed by atoms with E-state index in [1.54, 1.807) is 38.5 Å². The Morgan fingerprint density at radius 1 is 0.973 bits per heavy atom. The smallest absolute Gasteiger partial charge is 0.311 e. The van der Waals surface area contributed by atoms with E-state index in [-0.39, 0.29) is 17.0 Å². The molecular formula is C28H25N3O5S. The maximum Gasteiger partial charge on any atom is 0.311 e. The van der Waals surface area contributed by atoms with Crippen LogP contribution in [0.5, 0.6) is 23.0 Å². The van der Waals surface area contributed by atoms with E-state index in [0.717, 1.165) is 34.3 Å². The highest BCUT2D eigenvalue weighted by Crippen LogP contribution is 2.42. The molecule has 37 heavy (non-hydrogen) atoms. The van der Waals surface area contributed by atoms with Crippen LogP contribution in [0.2, 0.25) is 0 Å². The van der Waals surface area contributed by atoms with Gasteiger partial charge in [0.25, 0.3) is 0 Å². The molecule has 0 bridgehead atoms. The van der Waals surface area contributed by atoms with Gasteiger partial charge < -0.3 is 19.3 Å². The van der Waals surface area contributed by atoms with Crippen LogP contribution in [0, 0.1) is 0 Å². The van der Waals surface area contributed by atoms with Crippen molar-refractivity contribution < 1.29 is 24.1 Å². The maximum absolute atomic E-state index is 12.5. The Bertz CT molecular complexity index is 1430. The molecular weight excluding hydrogens is 490 g/mol. The van der Waals surface area contributed by atoms with Crippen molar-refractivity contribution in [1.29, 1.82) is 0 Å². The summed E-state index contributed by atoms with van der Waals surface area (Å²) in [7, 11) is 4.78. The zero-order valence-corrected chi connectivity index (χ0v) is 21.4. The Labute approximate surface area is 218 Å². The standard InChI is InChI=1S/C28H25N3O5S/c1-34-19-11-9-18(10-12-19)21-16-22(20-6-4-5-7-23(20)32)31(30-21)27-26(37-28(33)29-27)15-17-8-13-24(35-2)25(14-17)36-3/h4-15,22,32H,16H2,1-3H3/b26-15-. The predicted molar refractivity (Wildman–Crippen MR) is 145 cm³/mol. The number of methoxy groups -OCH3 is 3. The average Bonchev–Trinajstić information content (AvgIpc) is 3.52. The van der Waals surface area contributed by atoms with Gasteiger partial charge in [0.2, 0.25) is 0 Å². The molecule has 0 aromatic heterocycles. The van der Waals surface area contributed by atoms with Crippen molar-refractivity contribution in [2.45, 2.75) is 12.5 Å². The summed E-state index contributed by atoms with van der Waals surface area (Å²) in [5.74, 6) is 2.53. The van der Waals surface area contributed by atoms with Gasteiger partial charge in [0.1, 0.15) is 11.5 Å². The van der Waals surface area contributed by atoms with Gasteiger partial charge in [0.05, 0.1) is 38.0 Å². The molecule has 0 radical (unpaired) electrons. The highest BCUT2D eigenvalue weighted by Gasteiger charge is 2.37. The van der Waals surface area contributed by atoms with Gasteiger partial charge in [0.15, 0.2) is 17.3 Å². The van der Waals surface area contributed by atoms with E-state index in [2.05, 4.69) is 4.99 Å². The summed E-state index contributed by atoms with van der Waals surface area (Å²) in [6.07, 6.45) is 2.39. The van der Waals surface area contributed by atoms with Gasteiger partial charge in [-0.05, 0) is 71.4 Å². The first-order valence-corrected chi connectivity index (χ1v) is 12.4. The van der Waals surface area contributed by atoms with E-state index in [0.29, 0.717) is 34.2 Å². The van der Waals surface area contributed by atoms with Crippen molar-refractivity contribution >= 4 is 34.6 Å². The number of amides is 1. The molecule has 8 nitrogen and oxygen atoms in total. The highest BCUT2D eigenvalue weighted by atomic mass is 32.2. The molecule has 188 valence electrons. The van der Waals surface area contributed by atoms with Crippen molar-refractivity contribution in [2.24, 2.45) is 10.1 Å². The lowest BCUT2D eigenvalue weighted by atomic mass is 9.97. The zero-order valence-electron chi connectivity index (χ0n) is 20.5. The number of hydrazone groups is 1. The number of para-hydroxylation sites is 1. The number of carbonyl (C=O) groups excluding carboxylic acids is 1. The number of hydrogen-bond acceptors (Lipinski definition) is 8. The highest BCUT2D eigenvalue weighted by molar-refractivity contribution is 8.18. The topological polar surface area (TPSA) is 93.0 Å². The third-order valence-electron chi connectivity index (χ3n) is 6.17. The monoisotopic (exact) mass is 515 g/mol. The summed E-state index contributed by atoms with van der Waals surface area (Å²) >= 11 is 1.04. The number of ether oxygens (including phenoxy) is 3. The van der Waals surface area contributed by atoms with Crippen LogP contribution in [0.1, 0.15) is 29.2 Å². The molecule has 3 aromatic carbocycles. The van der Waals surface area contributed by atoms with Gasteiger partial charge in [-0.2, -0.15) is 10.1 Å². The van der Waals surface area contributed by atoms with E-state index < -0.39 is 0 Å². The number of amidine groups is 1. The van der Waals surface area contributed by atoms with Crippen LogP contribution in [0.3, 0.4) is 0 Å². The number of phenolic OH excluding ortho intramolecular Hbond substituents is 1. The number of hydrogen-bond donors (Lipinski definition) is 1. The Kier molecular flexibility index (Phi) is 6.87. The molecule has 3 aromatic rings. The van der Waals surface area contributed by atoms with Crippen LogP contribution in [0.15, 0.2) is 81.7 Å². The molecule has 1 unspecified atom stereocenters. The molecule has 0 fully saturated rings. The zero-order chi connectivity index (χ0) is 25.9. The number of rotatable bonds is 6. The number of phenols is 1. The molecule has 0 saturated heterocycles. The molecule has 2 aliphatic heterocycles. The SMILES string of the molecule is COc1ccc(C2=NN(C3=NC(=O)S/C3=C\c3ccc(OC)c(OC)c3)C(c3ccccc3O)C2)cc1. The van der Waals surface area contributed by atoms with Crippen molar-refractivity contribution in [3.63, 3.8) is 0 Å². The van der Waals surface area contributed by atoms with E-state index in [9.17, 15) is 9.90 Å². The molecule has 1 atom stereocenters. The Morgan fingerprint density at radius 3 is 2.43 bits per heavy atom. The van der Waals surface area contributed by atoms with Gasteiger partial charge in [-0.1, -0.05) is 24.3 Å². The number of aromatic hydroxyl groups is 1. The Hall–Kier alpha value is -4.24. The van der Waals surface area contributed by atoms with Crippen LogP contribution in [0.4, 0.5) is 4.79 Å². The van der Waals surface area contributed by atoms with Gasteiger partial charge in [-0.25, -0.2) is 5.01 Å². The summed E-state index contributed by atoms with van der Waals surface area (Å²) in [5.41, 5.74) is 3.26. The molecule has 2 aliphatic rings. The van der Waals surface area contributed by atoms with Crippen molar-refractivity contribution in [1.82, 2.24) is 5.01 Å². The second-order valence-corrected chi connectivity index (χ2v) is 9.32. The molecule has 0 aliphatic carbocycles.